The van der Waals surface area contributed by atoms with E-state index in [0.29, 0.717) is 5.75 Å². The Morgan fingerprint density at radius 3 is 2.84 bits per heavy atom. The van der Waals surface area contributed by atoms with Gasteiger partial charge in [-0.15, -0.1) is 0 Å². The highest BCUT2D eigenvalue weighted by atomic mass is 19.1. The number of benzene rings is 1. The van der Waals surface area contributed by atoms with Crippen LogP contribution in [-0.4, -0.2) is 23.1 Å². The standard InChI is InChI=1S/C13H11FN2O3/c1-19-10-2-3-11(14)12(5-10)16-13(18)8-4-9(17)7-15-6-8/h2-7,17H,1H3,(H,16,18). The lowest BCUT2D eigenvalue weighted by molar-refractivity contribution is 0.102. The van der Waals surface area contributed by atoms with Gasteiger partial charge in [-0.1, -0.05) is 0 Å². The summed E-state index contributed by atoms with van der Waals surface area (Å²) in [5, 5.41) is 11.6. The van der Waals surface area contributed by atoms with Gasteiger partial charge in [0, 0.05) is 12.3 Å². The van der Waals surface area contributed by atoms with Gasteiger partial charge in [-0.05, 0) is 18.2 Å². The van der Waals surface area contributed by atoms with Crippen LogP contribution in [0.1, 0.15) is 10.4 Å². The SMILES string of the molecule is COc1ccc(F)c(NC(=O)c2cncc(O)c2)c1. The van der Waals surface area contributed by atoms with Crippen molar-refractivity contribution in [1.82, 2.24) is 4.98 Å². The maximum Gasteiger partial charge on any atom is 0.257 e. The van der Waals surface area contributed by atoms with Gasteiger partial charge in [-0.25, -0.2) is 4.39 Å². The van der Waals surface area contributed by atoms with Gasteiger partial charge in [0.05, 0.1) is 24.6 Å². The van der Waals surface area contributed by atoms with Crippen molar-refractivity contribution in [3.05, 3.63) is 48.0 Å². The largest absolute Gasteiger partial charge is 0.506 e. The van der Waals surface area contributed by atoms with Crippen LogP contribution < -0.4 is 10.1 Å². The van der Waals surface area contributed by atoms with Crippen molar-refractivity contribution >= 4 is 11.6 Å². The Bertz CT molecular complexity index is 617. The first kappa shape index (κ1) is 12.8. The van der Waals surface area contributed by atoms with E-state index in [1.54, 1.807) is 0 Å². The summed E-state index contributed by atoms with van der Waals surface area (Å²) in [4.78, 5) is 15.5. The van der Waals surface area contributed by atoms with Gasteiger partial charge in [0.25, 0.3) is 5.91 Å². The van der Waals surface area contributed by atoms with Crippen LogP contribution in [0.25, 0.3) is 0 Å². The minimum Gasteiger partial charge on any atom is -0.506 e. The third-order valence-electron chi connectivity index (χ3n) is 2.41. The fraction of sp³-hybridized carbons (Fsp3) is 0.0769. The molecular formula is C13H11FN2O3. The minimum absolute atomic E-state index is 0.00677. The summed E-state index contributed by atoms with van der Waals surface area (Å²) in [6, 6.07) is 5.24. The highest BCUT2D eigenvalue weighted by Crippen LogP contribution is 2.22. The topological polar surface area (TPSA) is 71.5 Å². The van der Waals surface area contributed by atoms with Crippen LogP contribution in [0.15, 0.2) is 36.7 Å². The van der Waals surface area contributed by atoms with Crippen LogP contribution in [-0.2, 0) is 0 Å². The zero-order valence-electron chi connectivity index (χ0n) is 10.1. The summed E-state index contributed by atoms with van der Waals surface area (Å²) < 4.78 is 18.5. The second-order valence-electron chi connectivity index (χ2n) is 3.73. The molecule has 0 aliphatic heterocycles. The third kappa shape index (κ3) is 2.98. The molecule has 0 unspecified atom stereocenters. The Labute approximate surface area is 108 Å². The molecule has 0 aliphatic carbocycles. The Kier molecular flexibility index (Phi) is 3.61. The predicted octanol–water partition coefficient (Wildman–Crippen LogP) is 2.19. The molecule has 5 nitrogen and oxygen atoms in total. The number of methoxy groups -OCH3 is 1. The van der Waals surface area contributed by atoms with E-state index < -0.39 is 11.7 Å². The van der Waals surface area contributed by atoms with E-state index in [9.17, 15) is 14.3 Å². The molecule has 0 saturated heterocycles. The van der Waals surface area contributed by atoms with Crippen LogP contribution in [0, 0.1) is 5.82 Å². The molecular weight excluding hydrogens is 251 g/mol. The summed E-state index contributed by atoms with van der Waals surface area (Å²) in [6.07, 6.45) is 2.47. The first-order valence-electron chi connectivity index (χ1n) is 5.39. The van der Waals surface area contributed by atoms with Gasteiger partial charge >= 0.3 is 0 Å². The highest BCUT2D eigenvalue weighted by molar-refractivity contribution is 6.04. The van der Waals surface area contributed by atoms with Crippen LogP contribution in [0.2, 0.25) is 0 Å². The minimum atomic E-state index is -0.581. The van der Waals surface area contributed by atoms with Crippen molar-refractivity contribution in [1.29, 1.82) is 0 Å². The molecule has 98 valence electrons. The van der Waals surface area contributed by atoms with Gasteiger partial charge in [-0.3, -0.25) is 9.78 Å². The Balaban J connectivity index is 2.23. The number of hydrogen-bond donors (Lipinski definition) is 2. The van der Waals surface area contributed by atoms with Crippen molar-refractivity contribution in [2.45, 2.75) is 0 Å². The average molecular weight is 262 g/mol. The Morgan fingerprint density at radius 1 is 1.37 bits per heavy atom. The molecule has 19 heavy (non-hydrogen) atoms. The maximum absolute atomic E-state index is 13.5. The van der Waals surface area contributed by atoms with E-state index in [1.807, 2.05) is 0 Å². The Morgan fingerprint density at radius 2 is 2.16 bits per heavy atom. The highest BCUT2D eigenvalue weighted by Gasteiger charge is 2.11. The molecule has 2 aromatic rings. The number of anilines is 1. The number of carbonyl (C=O) groups excluding carboxylic acids is 1. The van der Waals surface area contributed by atoms with Crippen LogP contribution in [0.5, 0.6) is 11.5 Å². The zero-order chi connectivity index (χ0) is 13.8. The van der Waals surface area contributed by atoms with Gasteiger partial charge in [-0.2, -0.15) is 0 Å². The third-order valence-corrected chi connectivity index (χ3v) is 2.41. The van der Waals surface area contributed by atoms with Crippen LogP contribution in [0.3, 0.4) is 0 Å². The normalized spacial score (nSPS) is 10.0. The number of nitrogens with zero attached hydrogens (tertiary/aromatic N) is 1. The zero-order valence-corrected chi connectivity index (χ0v) is 10.1. The van der Waals surface area contributed by atoms with E-state index >= 15 is 0 Å². The summed E-state index contributed by atoms with van der Waals surface area (Å²) in [6.45, 7) is 0. The first-order valence-corrected chi connectivity index (χ1v) is 5.39. The summed E-state index contributed by atoms with van der Waals surface area (Å²) in [5.74, 6) is -0.873. The number of carbonyl (C=O) groups is 1. The molecule has 0 spiro atoms. The summed E-state index contributed by atoms with van der Waals surface area (Å²) in [7, 11) is 1.44. The fourth-order valence-corrected chi connectivity index (χ4v) is 1.47. The molecule has 2 N–H and O–H groups in total. The van der Waals surface area contributed by atoms with E-state index in [1.165, 1.54) is 43.8 Å². The molecule has 0 bridgehead atoms. The summed E-state index contributed by atoms with van der Waals surface area (Å²) in [5.41, 5.74) is 0.120. The average Bonchev–Trinajstić information content (AvgIpc) is 2.41. The first-order chi connectivity index (χ1) is 9.10. The smallest absolute Gasteiger partial charge is 0.257 e. The molecule has 2 rings (SSSR count). The molecule has 1 heterocycles. The predicted molar refractivity (Wildman–Crippen MR) is 66.8 cm³/mol. The molecule has 0 fully saturated rings. The van der Waals surface area contributed by atoms with Crippen molar-refractivity contribution in [3.8, 4) is 11.5 Å². The number of ether oxygens (including phenoxy) is 1. The van der Waals surface area contributed by atoms with Gasteiger partial charge in [0.2, 0.25) is 0 Å². The fourth-order valence-electron chi connectivity index (χ4n) is 1.47. The second kappa shape index (κ2) is 5.34. The maximum atomic E-state index is 13.5. The molecule has 6 heteroatoms. The van der Waals surface area contributed by atoms with Crippen molar-refractivity contribution in [2.75, 3.05) is 12.4 Å². The molecule has 0 aliphatic rings. The monoisotopic (exact) mass is 262 g/mol. The van der Waals surface area contributed by atoms with E-state index in [-0.39, 0.29) is 17.0 Å². The van der Waals surface area contributed by atoms with Crippen molar-refractivity contribution < 1.29 is 19.0 Å². The number of halogens is 1. The quantitative estimate of drug-likeness (QED) is 0.889. The van der Waals surface area contributed by atoms with Crippen molar-refractivity contribution in [3.63, 3.8) is 0 Å². The second-order valence-corrected chi connectivity index (χ2v) is 3.73. The lowest BCUT2D eigenvalue weighted by Crippen LogP contribution is -2.13. The molecule has 0 saturated carbocycles. The van der Waals surface area contributed by atoms with E-state index in [2.05, 4.69) is 10.3 Å². The van der Waals surface area contributed by atoms with Gasteiger partial charge < -0.3 is 15.2 Å². The molecule has 1 aromatic heterocycles. The summed E-state index contributed by atoms with van der Waals surface area (Å²) >= 11 is 0. The molecule has 1 aromatic carbocycles. The number of nitrogens with one attached hydrogen (secondary N) is 1. The van der Waals surface area contributed by atoms with Gasteiger partial charge in [0.15, 0.2) is 0 Å². The number of hydrogen-bond acceptors (Lipinski definition) is 4. The number of rotatable bonds is 3. The van der Waals surface area contributed by atoms with Crippen LogP contribution in [0.4, 0.5) is 10.1 Å². The van der Waals surface area contributed by atoms with E-state index in [4.69, 9.17) is 4.74 Å². The molecule has 0 radical (unpaired) electrons. The lowest BCUT2D eigenvalue weighted by atomic mass is 10.2. The Hall–Kier alpha value is -2.63. The number of pyridine rings is 1. The van der Waals surface area contributed by atoms with E-state index in [0.717, 1.165) is 0 Å². The lowest BCUT2D eigenvalue weighted by Gasteiger charge is -2.08. The number of amides is 1. The number of aromatic hydroxyl groups is 1. The van der Waals surface area contributed by atoms with Gasteiger partial charge in [0.1, 0.15) is 17.3 Å². The van der Waals surface area contributed by atoms with Crippen LogP contribution >= 0.6 is 0 Å². The molecule has 1 amide bonds. The van der Waals surface area contributed by atoms with Crippen molar-refractivity contribution in [2.24, 2.45) is 0 Å². The number of aromatic nitrogens is 1. The molecule has 0 atom stereocenters.